The fraction of sp³-hybridized carbons (Fsp3) is 0.769. The van der Waals surface area contributed by atoms with Crippen molar-refractivity contribution in [1.82, 2.24) is 9.55 Å². The van der Waals surface area contributed by atoms with Crippen LogP contribution < -0.4 is 5.32 Å². The molecule has 0 aliphatic carbocycles. The maximum absolute atomic E-state index is 5.33. The highest BCUT2D eigenvalue weighted by atomic mass is 16.5. The number of hydrogen-bond donors (Lipinski definition) is 1. The molecule has 104 valence electrons. The highest BCUT2D eigenvalue weighted by Gasteiger charge is 2.01. The summed E-state index contributed by atoms with van der Waals surface area (Å²) in [6.45, 7) is 9.03. The van der Waals surface area contributed by atoms with E-state index in [0.717, 1.165) is 58.3 Å². The van der Waals surface area contributed by atoms with Crippen LogP contribution in [0.2, 0.25) is 0 Å². The largest absolute Gasteiger partial charge is 0.382 e. The lowest BCUT2D eigenvalue weighted by molar-refractivity contribution is 0.141. The molecule has 5 heteroatoms. The van der Waals surface area contributed by atoms with Crippen LogP contribution in [0.1, 0.15) is 26.7 Å². The molecular formula is C13H25N3O2. The number of nitrogens with zero attached hydrogens (tertiary/aromatic N) is 2. The van der Waals surface area contributed by atoms with Gasteiger partial charge in [-0.15, -0.1) is 0 Å². The summed E-state index contributed by atoms with van der Waals surface area (Å²) in [7, 11) is 0. The van der Waals surface area contributed by atoms with E-state index in [2.05, 4.69) is 14.9 Å². The summed E-state index contributed by atoms with van der Waals surface area (Å²) < 4.78 is 12.7. The first-order valence-electron chi connectivity index (χ1n) is 6.79. The lowest BCUT2D eigenvalue weighted by atomic mass is 10.4. The Balaban J connectivity index is 2.18. The van der Waals surface area contributed by atoms with Gasteiger partial charge in [-0.1, -0.05) is 0 Å². The number of ether oxygens (including phenoxy) is 2. The Bertz CT molecular complexity index is 302. The minimum Gasteiger partial charge on any atom is -0.382 e. The van der Waals surface area contributed by atoms with Gasteiger partial charge in [-0.05, 0) is 26.7 Å². The molecule has 0 aromatic carbocycles. The molecule has 0 saturated heterocycles. The average molecular weight is 255 g/mol. The van der Waals surface area contributed by atoms with E-state index in [0.29, 0.717) is 0 Å². The summed E-state index contributed by atoms with van der Waals surface area (Å²) >= 11 is 0. The summed E-state index contributed by atoms with van der Waals surface area (Å²) in [5.74, 6) is 0.933. The Morgan fingerprint density at radius 2 is 1.89 bits per heavy atom. The number of aromatic nitrogens is 2. The standard InChI is InChI=1S/C13H25N3O2/c1-3-17-11-5-7-14-13-15-8-10-16(13)9-6-12-18-4-2/h8,10H,3-7,9,11-12H2,1-2H3,(H,14,15). The smallest absolute Gasteiger partial charge is 0.202 e. The Morgan fingerprint density at radius 1 is 1.17 bits per heavy atom. The predicted octanol–water partition coefficient (Wildman–Crippen LogP) is 2.15. The quantitative estimate of drug-likeness (QED) is 0.615. The highest BCUT2D eigenvalue weighted by Crippen LogP contribution is 2.05. The topological polar surface area (TPSA) is 48.3 Å². The third-order valence-electron chi connectivity index (χ3n) is 2.56. The maximum atomic E-state index is 5.33. The van der Waals surface area contributed by atoms with E-state index >= 15 is 0 Å². The number of hydrogen-bond acceptors (Lipinski definition) is 4. The zero-order valence-corrected chi connectivity index (χ0v) is 11.5. The van der Waals surface area contributed by atoms with E-state index in [1.165, 1.54) is 0 Å². The molecule has 1 aromatic heterocycles. The maximum Gasteiger partial charge on any atom is 0.202 e. The fourth-order valence-corrected chi connectivity index (χ4v) is 1.66. The number of nitrogens with one attached hydrogen (secondary N) is 1. The molecule has 0 spiro atoms. The monoisotopic (exact) mass is 255 g/mol. The van der Waals surface area contributed by atoms with Crippen LogP contribution in [0.25, 0.3) is 0 Å². The van der Waals surface area contributed by atoms with Crippen LogP contribution in [0.15, 0.2) is 12.4 Å². The summed E-state index contributed by atoms with van der Waals surface area (Å²) in [5, 5.41) is 3.32. The SMILES string of the molecule is CCOCCCNc1nccn1CCCOCC. The number of imidazole rings is 1. The molecule has 0 radical (unpaired) electrons. The number of aryl methyl sites for hydroxylation is 1. The molecule has 0 fully saturated rings. The summed E-state index contributed by atoms with van der Waals surface area (Å²) in [6, 6.07) is 0. The van der Waals surface area contributed by atoms with Gasteiger partial charge in [0, 0.05) is 51.9 Å². The molecule has 5 nitrogen and oxygen atoms in total. The third kappa shape index (κ3) is 6.02. The van der Waals surface area contributed by atoms with E-state index < -0.39 is 0 Å². The van der Waals surface area contributed by atoms with Crippen molar-refractivity contribution in [2.24, 2.45) is 0 Å². The lowest BCUT2D eigenvalue weighted by Crippen LogP contribution is -2.11. The Kier molecular flexibility index (Phi) is 8.25. The van der Waals surface area contributed by atoms with Crippen LogP contribution in [-0.2, 0) is 16.0 Å². The van der Waals surface area contributed by atoms with Crippen molar-refractivity contribution in [3.63, 3.8) is 0 Å². The molecule has 1 aromatic rings. The third-order valence-corrected chi connectivity index (χ3v) is 2.56. The summed E-state index contributed by atoms with van der Waals surface area (Å²) in [4.78, 5) is 4.30. The van der Waals surface area contributed by atoms with Gasteiger partial charge in [0.05, 0.1) is 0 Å². The Labute approximate surface area is 109 Å². The van der Waals surface area contributed by atoms with Gasteiger partial charge in [-0.2, -0.15) is 0 Å². The zero-order chi connectivity index (χ0) is 13.1. The molecule has 0 atom stereocenters. The van der Waals surface area contributed by atoms with Gasteiger partial charge < -0.3 is 19.4 Å². The van der Waals surface area contributed by atoms with Crippen molar-refractivity contribution in [2.45, 2.75) is 33.2 Å². The van der Waals surface area contributed by atoms with Crippen molar-refractivity contribution < 1.29 is 9.47 Å². The van der Waals surface area contributed by atoms with Crippen molar-refractivity contribution in [3.05, 3.63) is 12.4 Å². The summed E-state index contributed by atoms with van der Waals surface area (Å²) in [5.41, 5.74) is 0. The molecule has 18 heavy (non-hydrogen) atoms. The van der Waals surface area contributed by atoms with Crippen molar-refractivity contribution >= 4 is 5.95 Å². The van der Waals surface area contributed by atoms with Crippen LogP contribution in [0.5, 0.6) is 0 Å². The van der Waals surface area contributed by atoms with Crippen LogP contribution in [0.4, 0.5) is 5.95 Å². The van der Waals surface area contributed by atoms with Gasteiger partial charge in [0.2, 0.25) is 5.95 Å². The van der Waals surface area contributed by atoms with E-state index in [1.54, 1.807) is 0 Å². The molecule has 1 N–H and O–H groups in total. The molecular weight excluding hydrogens is 230 g/mol. The lowest BCUT2D eigenvalue weighted by Gasteiger charge is -2.09. The van der Waals surface area contributed by atoms with Crippen molar-refractivity contribution in [3.8, 4) is 0 Å². The van der Waals surface area contributed by atoms with Crippen LogP contribution in [0.3, 0.4) is 0 Å². The first-order chi connectivity index (χ1) is 8.88. The predicted molar refractivity (Wildman–Crippen MR) is 72.9 cm³/mol. The highest BCUT2D eigenvalue weighted by molar-refractivity contribution is 5.25. The molecule has 0 unspecified atom stereocenters. The van der Waals surface area contributed by atoms with Crippen LogP contribution in [0, 0.1) is 0 Å². The van der Waals surface area contributed by atoms with E-state index in [1.807, 2.05) is 26.2 Å². The molecule has 1 heterocycles. The van der Waals surface area contributed by atoms with Crippen LogP contribution in [-0.4, -0.2) is 42.5 Å². The minimum atomic E-state index is 0.784. The van der Waals surface area contributed by atoms with E-state index in [4.69, 9.17) is 9.47 Å². The Hall–Kier alpha value is -1.07. The van der Waals surface area contributed by atoms with Gasteiger partial charge in [-0.25, -0.2) is 4.98 Å². The second kappa shape index (κ2) is 9.91. The van der Waals surface area contributed by atoms with Gasteiger partial charge in [0.25, 0.3) is 0 Å². The summed E-state index contributed by atoms with van der Waals surface area (Å²) in [6.07, 6.45) is 5.83. The van der Waals surface area contributed by atoms with Crippen molar-refractivity contribution in [1.29, 1.82) is 0 Å². The van der Waals surface area contributed by atoms with E-state index in [-0.39, 0.29) is 0 Å². The second-order valence-electron chi connectivity index (χ2n) is 3.97. The van der Waals surface area contributed by atoms with Crippen LogP contribution >= 0.6 is 0 Å². The molecule has 0 saturated carbocycles. The molecule has 0 aliphatic rings. The first kappa shape index (κ1) is 15.0. The van der Waals surface area contributed by atoms with E-state index in [9.17, 15) is 0 Å². The first-order valence-corrected chi connectivity index (χ1v) is 6.79. The normalized spacial score (nSPS) is 10.8. The van der Waals surface area contributed by atoms with Gasteiger partial charge in [0.1, 0.15) is 0 Å². The van der Waals surface area contributed by atoms with Crippen molar-refractivity contribution in [2.75, 3.05) is 38.3 Å². The molecule has 0 bridgehead atoms. The zero-order valence-electron chi connectivity index (χ0n) is 11.5. The minimum absolute atomic E-state index is 0.784. The fourth-order valence-electron chi connectivity index (χ4n) is 1.66. The van der Waals surface area contributed by atoms with Gasteiger partial charge in [-0.3, -0.25) is 0 Å². The second-order valence-corrected chi connectivity index (χ2v) is 3.97. The van der Waals surface area contributed by atoms with Gasteiger partial charge >= 0.3 is 0 Å². The molecule has 1 rings (SSSR count). The molecule has 0 amide bonds. The number of anilines is 1. The average Bonchev–Trinajstić information content (AvgIpc) is 2.82. The van der Waals surface area contributed by atoms with Gasteiger partial charge in [0.15, 0.2) is 0 Å². The number of rotatable bonds is 11. The molecule has 0 aliphatic heterocycles. The Morgan fingerprint density at radius 3 is 2.61 bits per heavy atom.